The highest BCUT2D eigenvalue weighted by Gasteiger charge is 2.21. The average Bonchev–Trinajstić information content (AvgIpc) is 3.26. The molecule has 0 saturated heterocycles. The molecule has 29 heavy (non-hydrogen) atoms. The summed E-state index contributed by atoms with van der Waals surface area (Å²) in [5.41, 5.74) is 0.974. The highest BCUT2D eigenvalue weighted by Crippen LogP contribution is 2.23. The van der Waals surface area contributed by atoms with E-state index >= 15 is 0 Å². The fraction of sp³-hybridized carbons (Fsp3) is 0.227. The molecule has 0 bridgehead atoms. The second-order valence-corrected chi connectivity index (χ2v) is 6.64. The van der Waals surface area contributed by atoms with Gasteiger partial charge in [-0.2, -0.15) is 0 Å². The van der Waals surface area contributed by atoms with Gasteiger partial charge in [-0.3, -0.25) is 9.59 Å². The molecule has 2 amide bonds. The molecule has 3 aromatic rings. The van der Waals surface area contributed by atoms with E-state index in [2.05, 4.69) is 10.6 Å². The Bertz CT molecular complexity index is 1010. The maximum absolute atomic E-state index is 12.2. The maximum atomic E-state index is 12.2. The molecular formula is C22H22N2O5. The van der Waals surface area contributed by atoms with E-state index in [9.17, 15) is 14.4 Å². The molecule has 2 atom stereocenters. The van der Waals surface area contributed by atoms with Gasteiger partial charge in [0, 0.05) is 0 Å². The number of amides is 2. The van der Waals surface area contributed by atoms with Crippen LogP contribution in [-0.2, 0) is 14.3 Å². The van der Waals surface area contributed by atoms with Crippen LogP contribution in [0.5, 0.6) is 0 Å². The van der Waals surface area contributed by atoms with Crippen molar-refractivity contribution < 1.29 is 23.5 Å². The van der Waals surface area contributed by atoms with Crippen molar-refractivity contribution in [2.45, 2.75) is 25.9 Å². The molecule has 0 aliphatic carbocycles. The highest BCUT2D eigenvalue weighted by molar-refractivity contribution is 5.94. The SMILES string of the molecule is C[C@H](NC(=O)c1ccco1)C(=O)OCC(=O)N[C@@H](C)c1cccc2ccccc12. The number of hydrogen-bond acceptors (Lipinski definition) is 5. The molecule has 2 aromatic carbocycles. The van der Waals surface area contributed by atoms with Gasteiger partial charge in [-0.05, 0) is 42.3 Å². The van der Waals surface area contributed by atoms with Gasteiger partial charge in [0.15, 0.2) is 12.4 Å². The number of benzene rings is 2. The van der Waals surface area contributed by atoms with Crippen molar-refractivity contribution in [1.82, 2.24) is 10.6 Å². The summed E-state index contributed by atoms with van der Waals surface area (Å²) in [5.74, 6) is -1.58. The van der Waals surface area contributed by atoms with Gasteiger partial charge in [0.05, 0.1) is 12.3 Å². The van der Waals surface area contributed by atoms with Crippen LogP contribution in [0.25, 0.3) is 10.8 Å². The quantitative estimate of drug-likeness (QED) is 0.601. The van der Waals surface area contributed by atoms with Crippen molar-refractivity contribution in [3.63, 3.8) is 0 Å². The third-order valence-electron chi connectivity index (χ3n) is 4.46. The average molecular weight is 394 g/mol. The van der Waals surface area contributed by atoms with Crippen LogP contribution in [0.4, 0.5) is 0 Å². The molecule has 0 aliphatic rings. The van der Waals surface area contributed by atoms with E-state index in [0.717, 1.165) is 16.3 Å². The molecule has 7 heteroatoms. The fourth-order valence-corrected chi connectivity index (χ4v) is 2.99. The number of carbonyl (C=O) groups excluding carboxylic acids is 3. The summed E-state index contributed by atoms with van der Waals surface area (Å²) in [6.07, 6.45) is 1.36. The third-order valence-corrected chi connectivity index (χ3v) is 4.46. The summed E-state index contributed by atoms with van der Waals surface area (Å²) in [4.78, 5) is 36.1. The lowest BCUT2D eigenvalue weighted by molar-refractivity contribution is -0.150. The number of carbonyl (C=O) groups is 3. The van der Waals surface area contributed by atoms with Crippen molar-refractivity contribution in [3.05, 3.63) is 72.2 Å². The van der Waals surface area contributed by atoms with Gasteiger partial charge in [-0.1, -0.05) is 42.5 Å². The van der Waals surface area contributed by atoms with Gasteiger partial charge in [0.25, 0.3) is 11.8 Å². The number of fused-ring (bicyclic) bond motifs is 1. The predicted octanol–water partition coefficient (Wildman–Crippen LogP) is 2.97. The van der Waals surface area contributed by atoms with E-state index in [0.29, 0.717) is 0 Å². The van der Waals surface area contributed by atoms with E-state index < -0.39 is 30.4 Å². The van der Waals surface area contributed by atoms with Gasteiger partial charge in [-0.15, -0.1) is 0 Å². The van der Waals surface area contributed by atoms with Gasteiger partial charge >= 0.3 is 5.97 Å². The molecule has 0 spiro atoms. The lowest BCUT2D eigenvalue weighted by atomic mass is 10.00. The summed E-state index contributed by atoms with van der Waals surface area (Å²) < 4.78 is 9.97. The van der Waals surface area contributed by atoms with Crippen LogP contribution < -0.4 is 10.6 Å². The minimum absolute atomic E-state index is 0.0892. The lowest BCUT2D eigenvalue weighted by Gasteiger charge is -2.17. The van der Waals surface area contributed by atoms with Crippen LogP contribution in [-0.4, -0.2) is 30.4 Å². The first-order chi connectivity index (χ1) is 14.0. The fourth-order valence-electron chi connectivity index (χ4n) is 2.99. The Hall–Kier alpha value is -3.61. The van der Waals surface area contributed by atoms with E-state index in [1.54, 1.807) is 6.07 Å². The van der Waals surface area contributed by atoms with Crippen LogP contribution >= 0.6 is 0 Å². The predicted molar refractivity (Wildman–Crippen MR) is 107 cm³/mol. The molecule has 7 nitrogen and oxygen atoms in total. The zero-order valence-corrected chi connectivity index (χ0v) is 16.2. The van der Waals surface area contributed by atoms with Crippen LogP contribution in [0, 0.1) is 0 Å². The second kappa shape index (κ2) is 9.05. The van der Waals surface area contributed by atoms with Gasteiger partial charge in [-0.25, -0.2) is 4.79 Å². The molecule has 1 aromatic heterocycles. The molecule has 3 rings (SSSR count). The monoisotopic (exact) mass is 394 g/mol. The maximum Gasteiger partial charge on any atom is 0.328 e. The Balaban J connectivity index is 1.51. The zero-order valence-electron chi connectivity index (χ0n) is 16.2. The van der Waals surface area contributed by atoms with Crippen LogP contribution in [0.1, 0.15) is 36.0 Å². The van der Waals surface area contributed by atoms with Crippen molar-refractivity contribution in [2.75, 3.05) is 6.61 Å². The molecule has 1 heterocycles. The summed E-state index contributed by atoms with van der Waals surface area (Å²) >= 11 is 0. The third kappa shape index (κ3) is 5.01. The number of hydrogen-bond donors (Lipinski definition) is 2. The van der Waals surface area contributed by atoms with Crippen molar-refractivity contribution in [2.24, 2.45) is 0 Å². The van der Waals surface area contributed by atoms with E-state index in [-0.39, 0.29) is 11.8 Å². The topological polar surface area (TPSA) is 97.6 Å². The van der Waals surface area contributed by atoms with Gasteiger partial charge < -0.3 is 19.8 Å². The Kier molecular flexibility index (Phi) is 6.29. The first-order valence-electron chi connectivity index (χ1n) is 9.23. The largest absolute Gasteiger partial charge is 0.459 e. The van der Waals surface area contributed by atoms with Crippen LogP contribution in [0.3, 0.4) is 0 Å². The molecule has 0 unspecified atom stereocenters. The molecule has 0 saturated carbocycles. The van der Waals surface area contributed by atoms with Crippen LogP contribution in [0.2, 0.25) is 0 Å². The Morgan fingerprint density at radius 2 is 1.72 bits per heavy atom. The van der Waals surface area contributed by atoms with Gasteiger partial charge in [0.1, 0.15) is 6.04 Å². The zero-order chi connectivity index (χ0) is 20.8. The Morgan fingerprint density at radius 1 is 0.966 bits per heavy atom. The highest BCUT2D eigenvalue weighted by atomic mass is 16.5. The summed E-state index contributed by atoms with van der Waals surface area (Å²) in [6, 6.07) is 15.7. The Labute approximate surface area is 168 Å². The molecule has 0 radical (unpaired) electrons. The van der Waals surface area contributed by atoms with Crippen molar-refractivity contribution >= 4 is 28.6 Å². The Morgan fingerprint density at radius 3 is 2.48 bits per heavy atom. The lowest BCUT2D eigenvalue weighted by Crippen LogP contribution is -2.41. The van der Waals surface area contributed by atoms with E-state index in [1.165, 1.54) is 19.3 Å². The molecular weight excluding hydrogens is 372 g/mol. The smallest absolute Gasteiger partial charge is 0.328 e. The number of nitrogens with one attached hydrogen (secondary N) is 2. The number of ether oxygens (including phenoxy) is 1. The van der Waals surface area contributed by atoms with Gasteiger partial charge in [0.2, 0.25) is 0 Å². The molecule has 2 N–H and O–H groups in total. The van der Waals surface area contributed by atoms with Crippen molar-refractivity contribution in [3.8, 4) is 0 Å². The normalized spacial score (nSPS) is 12.8. The summed E-state index contributed by atoms with van der Waals surface area (Å²) in [7, 11) is 0. The first kappa shape index (κ1) is 20.1. The standard InChI is InChI=1S/C22H22N2O5/c1-14(17-10-5-8-16-7-3-4-9-18(16)17)23-20(25)13-29-22(27)15(2)24-21(26)19-11-6-12-28-19/h3-12,14-15H,13H2,1-2H3,(H,23,25)(H,24,26)/t14-,15-/m0/s1. The van der Waals surface area contributed by atoms with E-state index in [4.69, 9.17) is 9.15 Å². The molecule has 0 aliphatic heterocycles. The number of esters is 1. The molecule has 150 valence electrons. The summed E-state index contributed by atoms with van der Waals surface area (Å²) in [5, 5.41) is 7.41. The van der Waals surface area contributed by atoms with E-state index in [1.807, 2.05) is 49.4 Å². The number of rotatable bonds is 7. The second-order valence-electron chi connectivity index (χ2n) is 6.64. The molecule has 0 fully saturated rings. The van der Waals surface area contributed by atoms with Crippen molar-refractivity contribution in [1.29, 1.82) is 0 Å². The summed E-state index contributed by atoms with van der Waals surface area (Å²) in [6.45, 7) is 2.91. The van der Waals surface area contributed by atoms with Crippen LogP contribution in [0.15, 0.2) is 65.3 Å². The first-order valence-corrected chi connectivity index (χ1v) is 9.23. The minimum Gasteiger partial charge on any atom is -0.459 e. The minimum atomic E-state index is -0.920. The number of furan rings is 1.